The first-order valence-corrected chi connectivity index (χ1v) is 8.78. The van der Waals surface area contributed by atoms with E-state index in [1.165, 1.54) is 40.2 Å². The molecular weight excluding hydrogens is 324 g/mol. The molecule has 1 unspecified atom stereocenters. The molecule has 1 heterocycles. The molecule has 2 nitrogen and oxygen atoms in total. The van der Waals surface area contributed by atoms with Crippen LogP contribution in [0, 0.1) is 5.92 Å². The fourth-order valence-electron chi connectivity index (χ4n) is 3.51. The Morgan fingerprint density at radius 3 is 2.67 bits per heavy atom. The second kappa shape index (κ2) is 5.62. The van der Waals surface area contributed by atoms with Gasteiger partial charge in [-0.15, -0.1) is 0 Å². The van der Waals surface area contributed by atoms with Gasteiger partial charge >= 0.3 is 0 Å². The first kappa shape index (κ1) is 13.6. The van der Waals surface area contributed by atoms with E-state index in [9.17, 15) is 0 Å². The third-order valence-corrected chi connectivity index (χ3v) is 5.50. The van der Waals surface area contributed by atoms with Crippen molar-refractivity contribution < 1.29 is 0 Å². The first-order chi connectivity index (χ1) is 10.3. The summed E-state index contributed by atoms with van der Waals surface area (Å²) in [5, 5.41) is 6.43. The zero-order valence-electron chi connectivity index (χ0n) is 12.2. The molecule has 1 aliphatic carbocycles. The van der Waals surface area contributed by atoms with Gasteiger partial charge in [0, 0.05) is 34.7 Å². The van der Waals surface area contributed by atoms with Gasteiger partial charge in [-0.1, -0.05) is 40.2 Å². The predicted octanol–water partition coefficient (Wildman–Crippen LogP) is 4.18. The predicted molar refractivity (Wildman–Crippen MR) is 93.0 cm³/mol. The normalized spacial score (nSPS) is 23.3. The van der Waals surface area contributed by atoms with Gasteiger partial charge in [-0.2, -0.15) is 0 Å². The number of benzene rings is 2. The van der Waals surface area contributed by atoms with Crippen molar-refractivity contribution in [3.63, 3.8) is 0 Å². The lowest BCUT2D eigenvalue weighted by Gasteiger charge is -2.28. The van der Waals surface area contributed by atoms with Gasteiger partial charge in [-0.3, -0.25) is 0 Å². The molecule has 1 saturated carbocycles. The lowest BCUT2D eigenvalue weighted by Crippen LogP contribution is -2.39. The van der Waals surface area contributed by atoms with Gasteiger partial charge < -0.3 is 10.2 Å². The number of hydrogen-bond acceptors (Lipinski definition) is 2. The van der Waals surface area contributed by atoms with Gasteiger partial charge in [0.25, 0.3) is 0 Å². The van der Waals surface area contributed by atoms with Crippen LogP contribution in [0.15, 0.2) is 40.9 Å². The smallest absolute Gasteiger partial charge is 0.0447 e. The van der Waals surface area contributed by atoms with E-state index in [2.05, 4.69) is 62.5 Å². The molecule has 21 heavy (non-hydrogen) atoms. The number of nitrogens with one attached hydrogen (secondary N) is 1. The summed E-state index contributed by atoms with van der Waals surface area (Å²) >= 11 is 3.68. The van der Waals surface area contributed by atoms with E-state index in [1.807, 2.05) is 0 Å². The highest BCUT2D eigenvalue weighted by atomic mass is 79.9. The van der Waals surface area contributed by atoms with Gasteiger partial charge in [0.15, 0.2) is 0 Å². The van der Waals surface area contributed by atoms with Crippen molar-refractivity contribution >= 4 is 32.4 Å². The molecule has 2 aromatic carbocycles. The Hall–Kier alpha value is -1.06. The van der Waals surface area contributed by atoms with Gasteiger partial charge in [-0.05, 0) is 49.2 Å². The molecule has 1 atom stereocenters. The molecular formula is C18H21BrN2. The summed E-state index contributed by atoms with van der Waals surface area (Å²) < 4.78 is 1.19. The molecule has 0 radical (unpaired) electrons. The highest BCUT2D eigenvalue weighted by molar-refractivity contribution is 9.10. The third kappa shape index (κ3) is 2.69. The summed E-state index contributed by atoms with van der Waals surface area (Å²) in [6.45, 7) is 3.46. The van der Waals surface area contributed by atoms with Gasteiger partial charge in [-0.25, -0.2) is 0 Å². The van der Waals surface area contributed by atoms with E-state index in [-0.39, 0.29) is 0 Å². The summed E-state index contributed by atoms with van der Waals surface area (Å²) in [5.41, 5.74) is 1.39. The summed E-state index contributed by atoms with van der Waals surface area (Å²) in [5.74, 6) is 0.910. The first-order valence-electron chi connectivity index (χ1n) is 7.98. The lowest BCUT2D eigenvalue weighted by atomic mass is 10.1. The van der Waals surface area contributed by atoms with E-state index in [0.29, 0.717) is 6.04 Å². The Morgan fingerprint density at radius 1 is 1.05 bits per heavy atom. The molecule has 4 rings (SSSR count). The van der Waals surface area contributed by atoms with Crippen molar-refractivity contribution in [2.45, 2.75) is 25.3 Å². The van der Waals surface area contributed by atoms with Crippen molar-refractivity contribution in [3.05, 3.63) is 40.9 Å². The Labute approximate surface area is 134 Å². The Bertz CT molecular complexity index is 651. The maximum Gasteiger partial charge on any atom is 0.0447 e. The maximum absolute atomic E-state index is 3.75. The molecule has 1 N–H and O–H groups in total. The summed E-state index contributed by atoms with van der Waals surface area (Å²) in [6, 6.07) is 13.9. The van der Waals surface area contributed by atoms with E-state index in [4.69, 9.17) is 0 Å². The lowest BCUT2D eigenvalue weighted by molar-refractivity contribution is 0.490. The van der Waals surface area contributed by atoms with Crippen LogP contribution in [0.2, 0.25) is 0 Å². The highest BCUT2D eigenvalue weighted by Crippen LogP contribution is 2.36. The Kier molecular flexibility index (Phi) is 3.64. The van der Waals surface area contributed by atoms with Gasteiger partial charge in [0.05, 0.1) is 0 Å². The summed E-state index contributed by atoms with van der Waals surface area (Å²) in [6.07, 6.45) is 4.05. The number of nitrogens with zero attached hydrogens (tertiary/aromatic N) is 1. The number of hydrogen-bond donors (Lipinski definition) is 1. The van der Waals surface area contributed by atoms with Gasteiger partial charge in [0.2, 0.25) is 0 Å². The fourth-order valence-corrected chi connectivity index (χ4v) is 3.98. The van der Waals surface area contributed by atoms with E-state index in [0.717, 1.165) is 25.6 Å². The van der Waals surface area contributed by atoms with Crippen LogP contribution in [0.5, 0.6) is 0 Å². The molecule has 0 aromatic heterocycles. The highest BCUT2D eigenvalue weighted by Gasteiger charge is 2.33. The molecule has 1 saturated heterocycles. The topological polar surface area (TPSA) is 15.3 Å². The maximum atomic E-state index is 3.75. The van der Waals surface area contributed by atoms with Crippen molar-refractivity contribution in [2.75, 3.05) is 24.5 Å². The largest absolute Gasteiger partial charge is 0.369 e. The zero-order valence-corrected chi connectivity index (χ0v) is 13.8. The number of anilines is 1. The molecule has 0 bridgehead atoms. The quantitative estimate of drug-likeness (QED) is 0.878. The molecule has 0 spiro atoms. The summed E-state index contributed by atoms with van der Waals surface area (Å²) in [4.78, 5) is 2.60. The minimum absolute atomic E-state index is 0.676. The van der Waals surface area contributed by atoms with E-state index < -0.39 is 0 Å². The van der Waals surface area contributed by atoms with Crippen molar-refractivity contribution in [1.29, 1.82) is 0 Å². The fraction of sp³-hybridized carbons (Fsp3) is 0.444. The molecule has 1 aliphatic heterocycles. The zero-order chi connectivity index (χ0) is 14.2. The van der Waals surface area contributed by atoms with E-state index in [1.54, 1.807) is 0 Å². The average molecular weight is 345 g/mol. The van der Waals surface area contributed by atoms with Crippen LogP contribution in [-0.2, 0) is 0 Å². The monoisotopic (exact) mass is 344 g/mol. The molecule has 3 heteroatoms. The van der Waals surface area contributed by atoms with Crippen molar-refractivity contribution in [1.82, 2.24) is 5.32 Å². The van der Waals surface area contributed by atoms with Gasteiger partial charge in [0.1, 0.15) is 0 Å². The van der Waals surface area contributed by atoms with Crippen LogP contribution >= 0.6 is 15.9 Å². The van der Waals surface area contributed by atoms with Crippen LogP contribution in [0.3, 0.4) is 0 Å². The Balaban J connectivity index is 1.72. The Morgan fingerprint density at radius 2 is 1.86 bits per heavy atom. The standard InChI is InChI=1S/C18H21BrN2/c19-16-8-9-18(15-5-2-1-4-14(15)16)21-11-3-10-20-17(12-21)13-6-7-13/h1-2,4-5,8-9,13,17,20H,3,6-7,10-12H2. The van der Waals surface area contributed by atoms with Crippen LogP contribution in [0.1, 0.15) is 19.3 Å². The van der Waals surface area contributed by atoms with Crippen LogP contribution in [0.25, 0.3) is 10.8 Å². The second-order valence-corrected chi connectivity index (χ2v) is 7.16. The molecule has 2 fully saturated rings. The van der Waals surface area contributed by atoms with Crippen molar-refractivity contribution in [2.24, 2.45) is 5.92 Å². The average Bonchev–Trinajstić information content (AvgIpc) is 3.34. The minimum atomic E-state index is 0.676. The SMILES string of the molecule is Brc1ccc(N2CCCNC(C3CC3)C2)c2ccccc12. The van der Waals surface area contributed by atoms with Crippen LogP contribution in [0.4, 0.5) is 5.69 Å². The molecule has 2 aromatic rings. The van der Waals surface area contributed by atoms with Crippen molar-refractivity contribution in [3.8, 4) is 0 Å². The minimum Gasteiger partial charge on any atom is -0.369 e. The third-order valence-electron chi connectivity index (χ3n) is 4.81. The molecule has 110 valence electrons. The van der Waals surface area contributed by atoms with E-state index >= 15 is 0 Å². The number of halogens is 1. The molecule has 2 aliphatic rings. The molecule has 0 amide bonds. The van der Waals surface area contributed by atoms with Crippen LogP contribution in [-0.4, -0.2) is 25.7 Å². The summed E-state index contributed by atoms with van der Waals surface area (Å²) in [7, 11) is 0. The van der Waals surface area contributed by atoms with Crippen LogP contribution < -0.4 is 10.2 Å². The second-order valence-electron chi connectivity index (χ2n) is 6.31. The number of fused-ring (bicyclic) bond motifs is 1. The number of rotatable bonds is 2.